The van der Waals surface area contributed by atoms with Crippen LogP contribution >= 0.6 is 0 Å². The number of nitrogens with zero attached hydrogens (tertiary/aromatic N) is 2. The van der Waals surface area contributed by atoms with Gasteiger partial charge in [0.1, 0.15) is 0 Å². The van der Waals surface area contributed by atoms with Crippen molar-refractivity contribution >= 4 is 17.4 Å². The highest BCUT2D eigenvalue weighted by molar-refractivity contribution is 5.95. The quantitative estimate of drug-likeness (QED) is 0.349. The van der Waals surface area contributed by atoms with Crippen LogP contribution in [0.15, 0.2) is 36.4 Å². The van der Waals surface area contributed by atoms with Crippen LogP contribution in [0.2, 0.25) is 0 Å². The molecule has 32 heavy (non-hydrogen) atoms. The highest BCUT2D eigenvalue weighted by Gasteiger charge is 2.29. The van der Waals surface area contributed by atoms with E-state index in [9.17, 15) is 4.79 Å². The van der Waals surface area contributed by atoms with Crippen LogP contribution in [-0.2, 0) is 13.5 Å². The first kappa shape index (κ1) is 21.7. The van der Waals surface area contributed by atoms with Crippen LogP contribution in [0.1, 0.15) is 34.8 Å². The number of aryl methyl sites for hydroxylation is 1. The number of rotatable bonds is 9. The number of aliphatic hydroxyl groups is 1. The Kier molecular flexibility index (Phi) is 6.32. The lowest BCUT2D eigenvalue weighted by molar-refractivity contribution is 0.0963. The van der Waals surface area contributed by atoms with Gasteiger partial charge in [0.25, 0.3) is 5.91 Å². The number of anilines is 2. The fourth-order valence-corrected chi connectivity index (χ4v) is 3.98. The lowest BCUT2D eigenvalue weighted by Crippen LogP contribution is -2.17. The van der Waals surface area contributed by atoms with E-state index in [0.717, 1.165) is 33.9 Å². The van der Waals surface area contributed by atoms with Gasteiger partial charge in [0.15, 0.2) is 17.3 Å². The summed E-state index contributed by atoms with van der Waals surface area (Å²) in [6.07, 6.45) is 1.27. The highest BCUT2D eigenvalue weighted by atomic mass is 16.5. The normalized spacial score (nSPS) is 11.6. The van der Waals surface area contributed by atoms with Gasteiger partial charge in [-0.25, -0.2) is 0 Å². The number of nitrogens with one attached hydrogen (secondary N) is 2. The van der Waals surface area contributed by atoms with Crippen molar-refractivity contribution in [3.05, 3.63) is 53.1 Å². The van der Waals surface area contributed by atoms with E-state index in [1.807, 2.05) is 49.0 Å². The highest BCUT2D eigenvalue weighted by Crippen LogP contribution is 2.45. The lowest BCUT2D eigenvalue weighted by atomic mass is 10.1. The average Bonchev–Trinajstić information content (AvgIpc) is 3.31. The number of amides is 1. The van der Waals surface area contributed by atoms with E-state index in [2.05, 4.69) is 15.7 Å². The van der Waals surface area contributed by atoms with Crippen molar-refractivity contribution in [3.63, 3.8) is 0 Å². The Morgan fingerprint density at radius 2 is 2.03 bits per heavy atom. The SMILES string of the molecule is CCOc1cc2c(cc1OCCCO)-c1c(c(Nc3cccc(C(=O)NC)c3)nn1C)C2. The van der Waals surface area contributed by atoms with Crippen LogP contribution in [-0.4, -0.2) is 47.7 Å². The minimum absolute atomic E-state index is 0.0803. The van der Waals surface area contributed by atoms with Gasteiger partial charge in [0, 0.05) is 55.9 Å². The van der Waals surface area contributed by atoms with Crippen molar-refractivity contribution in [3.8, 4) is 22.8 Å². The van der Waals surface area contributed by atoms with Crippen molar-refractivity contribution in [2.24, 2.45) is 7.05 Å². The Bertz CT molecular complexity index is 1140. The van der Waals surface area contributed by atoms with Crippen molar-refractivity contribution in [1.29, 1.82) is 0 Å². The molecule has 0 bridgehead atoms. The number of carbonyl (C=O) groups is 1. The summed E-state index contributed by atoms with van der Waals surface area (Å²) in [7, 11) is 3.53. The summed E-state index contributed by atoms with van der Waals surface area (Å²) in [6.45, 7) is 2.98. The van der Waals surface area contributed by atoms with Crippen LogP contribution < -0.4 is 20.1 Å². The van der Waals surface area contributed by atoms with Crippen molar-refractivity contribution < 1.29 is 19.4 Å². The summed E-state index contributed by atoms with van der Waals surface area (Å²) in [4.78, 5) is 12.0. The van der Waals surface area contributed by atoms with Gasteiger partial charge in [0.2, 0.25) is 0 Å². The molecule has 1 aromatic heterocycles. The van der Waals surface area contributed by atoms with E-state index < -0.39 is 0 Å². The van der Waals surface area contributed by atoms with E-state index in [1.54, 1.807) is 13.1 Å². The molecular weight excluding hydrogens is 408 g/mol. The molecule has 8 heteroatoms. The maximum Gasteiger partial charge on any atom is 0.251 e. The third-order valence-electron chi connectivity index (χ3n) is 5.41. The number of aromatic nitrogens is 2. The molecule has 0 radical (unpaired) electrons. The van der Waals surface area contributed by atoms with Crippen molar-refractivity contribution in [1.82, 2.24) is 15.1 Å². The second kappa shape index (κ2) is 9.32. The van der Waals surface area contributed by atoms with E-state index >= 15 is 0 Å². The fraction of sp³-hybridized carbons (Fsp3) is 0.333. The molecule has 3 aromatic rings. The van der Waals surface area contributed by atoms with E-state index in [4.69, 9.17) is 14.6 Å². The standard InChI is InChI=1S/C24H28N4O4/c1-4-31-20-13-16-12-19-22(18(16)14-21(20)32-10-6-9-29)28(3)27-23(19)26-17-8-5-7-15(11-17)24(30)25-2/h5,7-8,11,13-14,29H,4,6,9-10,12H2,1-3H3,(H,25,30)(H,26,27). The van der Waals surface area contributed by atoms with Gasteiger partial charge < -0.3 is 25.2 Å². The van der Waals surface area contributed by atoms with E-state index in [-0.39, 0.29) is 12.5 Å². The number of aliphatic hydroxyl groups excluding tert-OH is 1. The Morgan fingerprint density at radius 3 is 2.78 bits per heavy atom. The first-order valence-corrected chi connectivity index (χ1v) is 10.7. The Morgan fingerprint density at radius 1 is 1.22 bits per heavy atom. The summed E-state index contributed by atoms with van der Waals surface area (Å²) in [6, 6.07) is 11.4. The molecule has 0 saturated heterocycles. The second-order valence-electron chi connectivity index (χ2n) is 7.58. The molecule has 0 spiro atoms. The number of hydrogen-bond acceptors (Lipinski definition) is 6. The topological polar surface area (TPSA) is 97.6 Å². The summed E-state index contributed by atoms with van der Waals surface area (Å²) in [5.74, 6) is 2.00. The third-order valence-corrected chi connectivity index (χ3v) is 5.41. The minimum Gasteiger partial charge on any atom is -0.490 e. The monoisotopic (exact) mass is 436 g/mol. The molecule has 0 saturated carbocycles. The molecule has 1 amide bonds. The number of carbonyl (C=O) groups excluding carboxylic acids is 1. The zero-order valence-electron chi connectivity index (χ0n) is 18.6. The maximum atomic E-state index is 12.0. The Labute approximate surface area is 187 Å². The van der Waals surface area contributed by atoms with Gasteiger partial charge in [-0.05, 0) is 42.8 Å². The predicted molar refractivity (Wildman–Crippen MR) is 123 cm³/mol. The van der Waals surface area contributed by atoms with Gasteiger partial charge in [-0.1, -0.05) is 6.07 Å². The zero-order valence-corrected chi connectivity index (χ0v) is 18.6. The van der Waals surface area contributed by atoms with Gasteiger partial charge in [-0.15, -0.1) is 0 Å². The number of fused-ring (bicyclic) bond motifs is 3. The first-order chi connectivity index (χ1) is 15.5. The molecule has 0 atom stereocenters. The zero-order chi connectivity index (χ0) is 22.7. The number of benzene rings is 2. The van der Waals surface area contributed by atoms with Gasteiger partial charge in [-0.3, -0.25) is 9.48 Å². The Hall–Kier alpha value is -3.52. The third kappa shape index (κ3) is 4.13. The summed E-state index contributed by atoms with van der Waals surface area (Å²) in [5.41, 5.74) is 5.70. The molecule has 2 aromatic carbocycles. The molecule has 0 aliphatic heterocycles. The molecule has 1 heterocycles. The predicted octanol–water partition coefficient (Wildman–Crippen LogP) is 3.25. The van der Waals surface area contributed by atoms with Crippen LogP contribution in [0.25, 0.3) is 11.3 Å². The van der Waals surface area contributed by atoms with Gasteiger partial charge in [-0.2, -0.15) is 5.10 Å². The molecule has 168 valence electrons. The van der Waals surface area contributed by atoms with Crippen LogP contribution in [0.3, 0.4) is 0 Å². The molecule has 0 fully saturated rings. The van der Waals surface area contributed by atoms with E-state index in [0.29, 0.717) is 43.1 Å². The Balaban J connectivity index is 1.66. The molecule has 3 N–H and O–H groups in total. The molecular formula is C24H28N4O4. The minimum atomic E-state index is -0.135. The summed E-state index contributed by atoms with van der Waals surface area (Å²) < 4.78 is 13.6. The molecule has 1 aliphatic carbocycles. The van der Waals surface area contributed by atoms with Gasteiger partial charge in [0.05, 0.1) is 18.9 Å². The largest absolute Gasteiger partial charge is 0.490 e. The van der Waals surface area contributed by atoms with Crippen molar-refractivity contribution in [2.45, 2.75) is 19.8 Å². The first-order valence-electron chi connectivity index (χ1n) is 10.7. The van der Waals surface area contributed by atoms with Crippen molar-refractivity contribution in [2.75, 3.05) is 32.2 Å². The van der Waals surface area contributed by atoms with Crippen LogP contribution in [0, 0.1) is 0 Å². The average molecular weight is 437 g/mol. The molecule has 4 rings (SSSR count). The van der Waals surface area contributed by atoms with Crippen LogP contribution in [0.4, 0.5) is 11.5 Å². The molecule has 1 aliphatic rings. The lowest BCUT2D eigenvalue weighted by Gasteiger charge is -2.14. The van der Waals surface area contributed by atoms with Gasteiger partial charge >= 0.3 is 0 Å². The number of hydrogen-bond donors (Lipinski definition) is 3. The van der Waals surface area contributed by atoms with E-state index in [1.165, 1.54) is 0 Å². The summed E-state index contributed by atoms with van der Waals surface area (Å²) >= 11 is 0. The maximum absolute atomic E-state index is 12.0. The number of ether oxygens (including phenoxy) is 2. The molecule has 8 nitrogen and oxygen atoms in total. The summed E-state index contributed by atoms with van der Waals surface area (Å²) in [5, 5.41) is 19.8. The van der Waals surface area contributed by atoms with Crippen LogP contribution in [0.5, 0.6) is 11.5 Å². The fourth-order valence-electron chi connectivity index (χ4n) is 3.98. The second-order valence-corrected chi connectivity index (χ2v) is 7.58. The smallest absolute Gasteiger partial charge is 0.251 e. The molecule has 0 unspecified atom stereocenters.